The molecule has 0 aromatic heterocycles. The summed E-state index contributed by atoms with van der Waals surface area (Å²) < 4.78 is 0. The predicted octanol–water partition coefficient (Wildman–Crippen LogP) is 7.03. The Kier molecular flexibility index (Phi) is 7.04. The van der Waals surface area contributed by atoms with Crippen LogP contribution in [0.5, 0.6) is 11.5 Å². The predicted molar refractivity (Wildman–Crippen MR) is 117 cm³/mol. The van der Waals surface area contributed by atoms with Crippen molar-refractivity contribution in [2.75, 3.05) is 0 Å². The van der Waals surface area contributed by atoms with Crippen LogP contribution in [-0.2, 0) is 18.3 Å². The molecule has 0 spiro atoms. The number of aryl methyl sites for hydroxylation is 2. The number of hydrogen-bond acceptors (Lipinski definition) is 2. The fourth-order valence-electron chi connectivity index (χ4n) is 4.96. The van der Waals surface area contributed by atoms with Gasteiger partial charge in [-0.1, -0.05) is 83.1 Å². The van der Waals surface area contributed by atoms with E-state index in [1.165, 1.54) is 43.2 Å². The number of rotatable bonds is 6. The van der Waals surface area contributed by atoms with Gasteiger partial charge in [-0.3, -0.25) is 0 Å². The molecule has 0 aliphatic heterocycles. The Morgan fingerprint density at radius 3 is 1.54 bits per heavy atom. The second-order valence-electron chi connectivity index (χ2n) is 8.54. The van der Waals surface area contributed by atoms with Crippen LogP contribution in [0.2, 0.25) is 0 Å². The zero-order chi connectivity index (χ0) is 20.0. The summed E-state index contributed by atoms with van der Waals surface area (Å²) in [6.45, 7) is 4.32. The molecule has 1 aliphatic rings. The smallest absolute Gasteiger partial charge is 0.118 e. The molecule has 0 unspecified atom stereocenters. The minimum atomic E-state index is -0.0210. The topological polar surface area (TPSA) is 40.5 Å². The minimum absolute atomic E-state index is 0.0210. The first-order valence-electron chi connectivity index (χ1n) is 11.3. The highest BCUT2D eigenvalue weighted by atomic mass is 16.3. The lowest BCUT2D eigenvalue weighted by atomic mass is 9.66. The average Bonchev–Trinajstić information content (AvgIpc) is 2.66. The summed E-state index contributed by atoms with van der Waals surface area (Å²) in [7, 11) is 0. The lowest BCUT2D eigenvalue weighted by Gasteiger charge is -2.38. The van der Waals surface area contributed by atoms with Crippen LogP contribution in [0.15, 0.2) is 36.4 Å². The van der Waals surface area contributed by atoms with Crippen LogP contribution in [0.1, 0.15) is 93.9 Å². The highest BCUT2D eigenvalue weighted by molar-refractivity contribution is 5.48. The zero-order valence-corrected chi connectivity index (χ0v) is 17.6. The molecule has 1 fully saturated rings. The largest absolute Gasteiger partial charge is 0.508 e. The maximum Gasteiger partial charge on any atom is 0.118 e. The Morgan fingerprint density at radius 2 is 1.11 bits per heavy atom. The quantitative estimate of drug-likeness (QED) is 0.564. The number of benzene rings is 2. The van der Waals surface area contributed by atoms with Gasteiger partial charge in [0.15, 0.2) is 0 Å². The van der Waals surface area contributed by atoms with Crippen LogP contribution < -0.4 is 0 Å². The van der Waals surface area contributed by atoms with E-state index in [1.54, 1.807) is 0 Å². The summed E-state index contributed by atoms with van der Waals surface area (Å²) >= 11 is 0. The van der Waals surface area contributed by atoms with E-state index < -0.39 is 0 Å². The fourth-order valence-corrected chi connectivity index (χ4v) is 4.96. The second-order valence-corrected chi connectivity index (χ2v) is 8.54. The van der Waals surface area contributed by atoms with Crippen LogP contribution in [0.3, 0.4) is 0 Å². The highest BCUT2D eigenvalue weighted by Crippen LogP contribution is 2.45. The SMILES string of the molecule is CCCc1cc(C2(c3ccc(O)c(CCC)c3)CCCCCCC2)ccc1O. The molecule has 0 bridgehead atoms. The standard InChI is InChI=1S/C26H36O2/c1-3-10-20-18-22(12-14-24(20)27)26(16-8-6-5-7-9-17-26)23-13-15-25(28)21(19-23)11-4-2/h12-15,18-19,27-28H,3-11,16-17H2,1-2H3. The van der Waals surface area contributed by atoms with Crippen molar-refractivity contribution in [3.63, 3.8) is 0 Å². The average molecular weight is 381 g/mol. The van der Waals surface area contributed by atoms with Gasteiger partial charge in [0.1, 0.15) is 11.5 Å². The first kappa shape index (κ1) is 20.8. The van der Waals surface area contributed by atoms with E-state index in [-0.39, 0.29) is 5.41 Å². The number of phenols is 2. The molecule has 2 aromatic rings. The Bertz CT molecular complexity index is 712. The summed E-state index contributed by atoms with van der Waals surface area (Å²) in [6, 6.07) is 12.6. The molecule has 0 heterocycles. The van der Waals surface area contributed by atoms with E-state index in [2.05, 4.69) is 38.1 Å². The maximum absolute atomic E-state index is 10.3. The summed E-state index contributed by atoms with van der Waals surface area (Å²) in [5, 5.41) is 20.7. The van der Waals surface area contributed by atoms with Crippen molar-refractivity contribution in [1.82, 2.24) is 0 Å². The third kappa shape index (κ3) is 4.37. The molecule has 2 aromatic carbocycles. The first-order chi connectivity index (χ1) is 13.6. The lowest BCUT2D eigenvalue weighted by Crippen LogP contribution is -2.29. The van der Waals surface area contributed by atoms with Crippen molar-refractivity contribution in [3.05, 3.63) is 58.7 Å². The molecule has 2 nitrogen and oxygen atoms in total. The van der Waals surface area contributed by atoms with E-state index in [4.69, 9.17) is 0 Å². The van der Waals surface area contributed by atoms with E-state index in [0.717, 1.165) is 49.7 Å². The molecule has 2 N–H and O–H groups in total. The van der Waals surface area contributed by atoms with Crippen molar-refractivity contribution < 1.29 is 10.2 Å². The van der Waals surface area contributed by atoms with Crippen molar-refractivity contribution >= 4 is 0 Å². The Balaban J connectivity index is 2.13. The van der Waals surface area contributed by atoms with Gasteiger partial charge in [0.25, 0.3) is 0 Å². The van der Waals surface area contributed by atoms with Gasteiger partial charge >= 0.3 is 0 Å². The van der Waals surface area contributed by atoms with Gasteiger partial charge < -0.3 is 10.2 Å². The molecule has 3 rings (SSSR count). The molecule has 152 valence electrons. The van der Waals surface area contributed by atoms with Crippen molar-refractivity contribution in [2.45, 2.75) is 89.9 Å². The van der Waals surface area contributed by atoms with Crippen molar-refractivity contribution in [1.29, 1.82) is 0 Å². The molecule has 2 heteroatoms. The molecule has 0 radical (unpaired) electrons. The molecule has 0 atom stereocenters. The van der Waals surface area contributed by atoms with Crippen LogP contribution in [0.4, 0.5) is 0 Å². The van der Waals surface area contributed by atoms with Gasteiger partial charge in [-0.25, -0.2) is 0 Å². The molecule has 0 amide bonds. The molecular formula is C26H36O2. The van der Waals surface area contributed by atoms with E-state index in [1.807, 2.05) is 12.1 Å². The Morgan fingerprint density at radius 1 is 0.679 bits per heavy atom. The van der Waals surface area contributed by atoms with Gasteiger partial charge in [-0.2, -0.15) is 0 Å². The van der Waals surface area contributed by atoms with Gasteiger partial charge in [0.2, 0.25) is 0 Å². The van der Waals surface area contributed by atoms with Gasteiger partial charge in [-0.05, 0) is 60.1 Å². The zero-order valence-electron chi connectivity index (χ0n) is 17.6. The Hall–Kier alpha value is -1.96. The van der Waals surface area contributed by atoms with Crippen LogP contribution in [-0.4, -0.2) is 10.2 Å². The van der Waals surface area contributed by atoms with Crippen LogP contribution >= 0.6 is 0 Å². The monoisotopic (exact) mass is 380 g/mol. The minimum Gasteiger partial charge on any atom is -0.508 e. The van der Waals surface area contributed by atoms with E-state index in [0.29, 0.717) is 11.5 Å². The first-order valence-corrected chi connectivity index (χ1v) is 11.3. The highest BCUT2D eigenvalue weighted by Gasteiger charge is 2.35. The molecular weight excluding hydrogens is 344 g/mol. The fraction of sp³-hybridized carbons (Fsp3) is 0.538. The molecule has 1 aliphatic carbocycles. The third-order valence-corrected chi connectivity index (χ3v) is 6.51. The molecule has 1 saturated carbocycles. The van der Waals surface area contributed by atoms with Gasteiger partial charge in [-0.15, -0.1) is 0 Å². The van der Waals surface area contributed by atoms with Crippen molar-refractivity contribution in [3.8, 4) is 11.5 Å². The molecule has 0 saturated heterocycles. The molecule has 28 heavy (non-hydrogen) atoms. The van der Waals surface area contributed by atoms with Gasteiger partial charge in [0, 0.05) is 5.41 Å². The number of hydrogen-bond donors (Lipinski definition) is 2. The maximum atomic E-state index is 10.3. The van der Waals surface area contributed by atoms with Crippen LogP contribution in [0, 0.1) is 0 Å². The normalized spacial score (nSPS) is 17.1. The lowest BCUT2D eigenvalue weighted by molar-refractivity contribution is 0.364. The van der Waals surface area contributed by atoms with E-state index in [9.17, 15) is 10.2 Å². The summed E-state index contributed by atoms with van der Waals surface area (Å²) in [4.78, 5) is 0. The number of aromatic hydroxyl groups is 2. The summed E-state index contributed by atoms with van der Waals surface area (Å²) in [6.07, 6.45) is 12.5. The summed E-state index contributed by atoms with van der Waals surface area (Å²) in [5.41, 5.74) is 4.78. The van der Waals surface area contributed by atoms with Gasteiger partial charge in [0.05, 0.1) is 0 Å². The second kappa shape index (κ2) is 9.49. The van der Waals surface area contributed by atoms with E-state index >= 15 is 0 Å². The number of phenolic OH excluding ortho intramolecular Hbond substituents is 2. The van der Waals surface area contributed by atoms with Crippen LogP contribution in [0.25, 0.3) is 0 Å². The van der Waals surface area contributed by atoms with Crippen molar-refractivity contribution in [2.24, 2.45) is 0 Å². The third-order valence-electron chi connectivity index (χ3n) is 6.51. The Labute approximate surface area is 170 Å². The summed E-state index contributed by atoms with van der Waals surface area (Å²) in [5.74, 6) is 0.841.